The van der Waals surface area contributed by atoms with Gasteiger partial charge >= 0.3 is 12.1 Å². The normalized spacial score (nSPS) is 17.1. The first-order valence-corrected chi connectivity index (χ1v) is 13.9. The van der Waals surface area contributed by atoms with Gasteiger partial charge in [0.05, 0.1) is 18.3 Å². The predicted octanol–water partition coefficient (Wildman–Crippen LogP) is 4.88. The maximum absolute atomic E-state index is 13.9. The molecule has 222 valence electrons. The second kappa shape index (κ2) is 12.9. The fraction of sp³-hybridized carbons (Fsp3) is 0.613. The second-order valence-corrected chi connectivity index (χ2v) is 12.8. The number of benzene rings is 1. The van der Waals surface area contributed by atoms with E-state index in [1.54, 1.807) is 58.7 Å². The summed E-state index contributed by atoms with van der Waals surface area (Å²) in [6, 6.07) is 5.16. The highest BCUT2D eigenvalue weighted by atomic mass is 16.6. The first kappa shape index (κ1) is 32.8. The standard InChI is InChI=1S/C31H47N3O6/c1-12-39-28(37)20(4)17-23(19(2)3)33(11)27(36)25(30(5,6)7)32-26(35)24-18-21-15-13-14-16-22(21)34(24)29(38)40-31(8,9)10/h13-17,19,23-25H,12,18H2,1-11H3,(H,32,35)/t23?,24-,25+/m0/s1. The Balaban J connectivity index is 2.38. The van der Waals surface area contributed by atoms with Crippen LogP contribution < -0.4 is 10.2 Å². The van der Waals surface area contributed by atoms with E-state index in [0.717, 1.165) is 5.56 Å². The van der Waals surface area contributed by atoms with Crippen LogP contribution in [0.15, 0.2) is 35.9 Å². The Morgan fingerprint density at radius 3 is 2.23 bits per heavy atom. The molecule has 0 radical (unpaired) electrons. The number of amides is 3. The molecular formula is C31H47N3O6. The summed E-state index contributed by atoms with van der Waals surface area (Å²) in [4.78, 5) is 56.2. The smallest absolute Gasteiger partial charge is 0.415 e. The van der Waals surface area contributed by atoms with Gasteiger partial charge in [0.1, 0.15) is 17.7 Å². The first-order valence-electron chi connectivity index (χ1n) is 13.9. The van der Waals surface area contributed by atoms with Crippen molar-refractivity contribution in [1.82, 2.24) is 10.2 Å². The molecule has 1 aliphatic rings. The lowest BCUT2D eigenvalue weighted by atomic mass is 9.84. The number of carbonyl (C=O) groups is 4. The fourth-order valence-corrected chi connectivity index (χ4v) is 4.69. The minimum absolute atomic E-state index is 0.0124. The summed E-state index contributed by atoms with van der Waals surface area (Å²) >= 11 is 0. The molecule has 9 heteroatoms. The van der Waals surface area contributed by atoms with Gasteiger partial charge in [-0.05, 0) is 57.6 Å². The molecule has 1 aromatic carbocycles. The molecule has 0 saturated heterocycles. The Morgan fingerprint density at radius 2 is 1.70 bits per heavy atom. The number of nitrogens with one attached hydrogen (secondary N) is 1. The zero-order chi connectivity index (χ0) is 30.6. The Kier molecular flexibility index (Phi) is 10.6. The van der Waals surface area contributed by atoms with Crippen LogP contribution in [0, 0.1) is 11.3 Å². The lowest BCUT2D eigenvalue weighted by Gasteiger charge is -2.38. The second-order valence-electron chi connectivity index (χ2n) is 12.8. The number of hydrogen-bond acceptors (Lipinski definition) is 6. The number of likely N-dealkylation sites (N-methyl/N-ethyl adjacent to an activating group) is 1. The molecule has 1 unspecified atom stereocenters. The number of hydrogen-bond donors (Lipinski definition) is 1. The SMILES string of the molecule is CCOC(=O)C(C)=CC(C(C)C)N(C)C(=O)[C@@H](NC(=O)[C@@H]1Cc2ccccc2N1C(=O)OC(C)(C)C)C(C)(C)C. The molecule has 40 heavy (non-hydrogen) atoms. The monoisotopic (exact) mass is 557 g/mol. The predicted molar refractivity (Wildman–Crippen MR) is 156 cm³/mol. The van der Waals surface area contributed by atoms with E-state index in [0.29, 0.717) is 17.7 Å². The lowest BCUT2D eigenvalue weighted by Crippen LogP contribution is -2.60. The number of nitrogens with zero attached hydrogens (tertiary/aromatic N) is 2. The highest BCUT2D eigenvalue weighted by Gasteiger charge is 2.44. The Hall–Kier alpha value is -3.36. The summed E-state index contributed by atoms with van der Waals surface area (Å²) in [6.07, 6.45) is 1.42. The molecule has 3 amide bonds. The maximum atomic E-state index is 13.9. The molecule has 0 spiro atoms. The van der Waals surface area contributed by atoms with E-state index in [1.807, 2.05) is 52.8 Å². The zero-order valence-electron chi connectivity index (χ0n) is 26.0. The number of para-hydroxylation sites is 1. The van der Waals surface area contributed by atoms with Crippen molar-refractivity contribution in [3.63, 3.8) is 0 Å². The molecule has 0 saturated carbocycles. The van der Waals surface area contributed by atoms with Crippen LogP contribution in [0.3, 0.4) is 0 Å². The minimum atomic E-state index is -0.897. The average Bonchev–Trinajstić information content (AvgIpc) is 3.23. The third-order valence-electron chi connectivity index (χ3n) is 6.76. The van der Waals surface area contributed by atoms with Crippen LogP contribution >= 0.6 is 0 Å². The van der Waals surface area contributed by atoms with Crippen molar-refractivity contribution < 1.29 is 28.7 Å². The van der Waals surface area contributed by atoms with E-state index in [9.17, 15) is 19.2 Å². The molecule has 0 bridgehead atoms. The van der Waals surface area contributed by atoms with Crippen molar-refractivity contribution >= 4 is 29.6 Å². The summed E-state index contributed by atoms with van der Waals surface area (Å²) in [6.45, 7) is 18.5. The molecule has 3 atom stereocenters. The highest BCUT2D eigenvalue weighted by molar-refractivity contribution is 6.02. The lowest BCUT2D eigenvalue weighted by molar-refractivity contribution is -0.140. The number of esters is 1. The molecule has 1 N–H and O–H groups in total. The van der Waals surface area contributed by atoms with Crippen LogP contribution in [0.4, 0.5) is 10.5 Å². The Morgan fingerprint density at radius 1 is 1.10 bits per heavy atom. The third-order valence-corrected chi connectivity index (χ3v) is 6.76. The molecule has 0 aromatic heterocycles. The van der Waals surface area contributed by atoms with Crippen LogP contribution in [0.1, 0.15) is 74.8 Å². The van der Waals surface area contributed by atoms with Crippen molar-refractivity contribution in [2.45, 2.75) is 99.4 Å². The van der Waals surface area contributed by atoms with Gasteiger partial charge in [0.15, 0.2) is 0 Å². The summed E-state index contributed by atoms with van der Waals surface area (Å²) in [5.41, 5.74) is 0.484. The van der Waals surface area contributed by atoms with Crippen LogP contribution in [0.25, 0.3) is 0 Å². The number of carbonyl (C=O) groups excluding carboxylic acids is 4. The molecule has 1 aliphatic heterocycles. The van der Waals surface area contributed by atoms with Crippen molar-refractivity contribution in [2.75, 3.05) is 18.6 Å². The van der Waals surface area contributed by atoms with Crippen molar-refractivity contribution in [3.8, 4) is 0 Å². The van der Waals surface area contributed by atoms with Crippen molar-refractivity contribution in [1.29, 1.82) is 0 Å². The van der Waals surface area contributed by atoms with Gasteiger partial charge in [-0.1, -0.05) is 58.9 Å². The van der Waals surface area contributed by atoms with E-state index < -0.39 is 47.1 Å². The van der Waals surface area contributed by atoms with E-state index >= 15 is 0 Å². The van der Waals surface area contributed by atoms with Gasteiger partial charge in [0, 0.05) is 19.0 Å². The molecule has 1 heterocycles. The molecule has 0 aliphatic carbocycles. The van der Waals surface area contributed by atoms with Crippen LogP contribution in [-0.2, 0) is 30.3 Å². The molecule has 1 aromatic rings. The zero-order valence-corrected chi connectivity index (χ0v) is 26.0. The summed E-state index contributed by atoms with van der Waals surface area (Å²) in [7, 11) is 1.67. The number of rotatable bonds is 8. The van der Waals surface area contributed by atoms with Crippen molar-refractivity contribution in [3.05, 3.63) is 41.5 Å². The molecule has 9 nitrogen and oxygen atoms in total. The summed E-state index contributed by atoms with van der Waals surface area (Å²) in [5, 5.41) is 2.96. The van der Waals surface area contributed by atoms with E-state index in [4.69, 9.17) is 9.47 Å². The topological polar surface area (TPSA) is 105 Å². The van der Waals surface area contributed by atoms with Gasteiger partial charge in [-0.25, -0.2) is 9.59 Å². The van der Waals surface area contributed by atoms with E-state index in [-0.39, 0.29) is 18.4 Å². The first-order chi connectivity index (χ1) is 18.4. The van der Waals surface area contributed by atoms with E-state index in [2.05, 4.69) is 5.32 Å². The van der Waals surface area contributed by atoms with Gasteiger partial charge in [0.25, 0.3) is 0 Å². The molecular weight excluding hydrogens is 510 g/mol. The van der Waals surface area contributed by atoms with Gasteiger partial charge in [-0.3, -0.25) is 14.5 Å². The minimum Gasteiger partial charge on any atom is -0.463 e. The third kappa shape index (κ3) is 8.08. The molecule has 2 rings (SSSR count). The van der Waals surface area contributed by atoms with Gasteiger partial charge in [-0.15, -0.1) is 0 Å². The number of anilines is 1. The number of ether oxygens (including phenoxy) is 2. The Labute approximate surface area is 239 Å². The maximum Gasteiger partial charge on any atom is 0.415 e. The average molecular weight is 558 g/mol. The fourth-order valence-electron chi connectivity index (χ4n) is 4.69. The molecule has 0 fully saturated rings. The summed E-state index contributed by atoms with van der Waals surface area (Å²) < 4.78 is 10.7. The van der Waals surface area contributed by atoms with Gasteiger partial charge in [0.2, 0.25) is 11.8 Å². The quantitative estimate of drug-likeness (QED) is 0.361. The number of fused-ring (bicyclic) bond motifs is 1. The highest BCUT2D eigenvalue weighted by Crippen LogP contribution is 2.34. The van der Waals surface area contributed by atoms with Crippen LogP contribution in [0.5, 0.6) is 0 Å². The van der Waals surface area contributed by atoms with Gasteiger partial charge in [-0.2, -0.15) is 0 Å². The Bertz CT molecular complexity index is 1130. The van der Waals surface area contributed by atoms with Crippen LogP contribution in [0.2, 0.25) is 0 Å². The van der Waals surface area contributed by atoms with Crippen molar-refractivity contribution in [2.24, 2.45) is 11.3 Å². The van der Waals surface area contributed by atoms with E-state index in [1.165, 1.54) is 4.90 Å². The van der Waals surface area contributed by atoms with Gasteiger partial charge < -0.3 is 19.7 Å². The summed E-state index contributed by atoms with van der Waals surface area (Å²) in [5.74, 6) is -1.19. The largest absolute Gasteiger partial charge is 0.463 e. The van der Waals surface area contributed by atoms with Crippen LogP contribution in [-0.4, -0.2) is 66.2 Å².